The van der Waals surface area contributed by atoms with Gasteiger partial charge in [-0.15, -0.1) is 0 Å². The Labute approximate surface area is 147 Å². The molecule has 0 saturated carbocycles. The molecule has 132 valence electrons. The highest BCUT2D eigenvalue weighted by Gasteiger charge is 2.34. The molecule has 0 bridgehead atoms. The number of pyridine rings is 1. The zero-order valence-corrected chi connectivity index (χ0v) is 14.4. The highest BCUT2D eigenvalue weighted by atomic mass is 16.5. The molecule has 25 heavy (non-hydrogen) atoms. The SMILES string of the molecule is CC1(CN)CCN(C(=O)COc2ccc(Oc3ccccn3)cc2)C1. The second-order valence-electron chi connectivity index (χ2n) is 6.61. The highest BCUT2D eigenvalue weighted by Crippen LogP contribution is 2.28. The number of nitrogens with zero attached hydrogens (tertiary/aromatic N) is 2. The second kappa shape index (κ2) is 7.53. The number of hydrogen-bond donors (Lipinski definition) is 1. The first-order chi connectivity index (χ1) is 12.1. The normalized spacial score (nSPS) is 19.7. The maximum absolute atomic E-state index is 12.3. The fourth-order valence-corrected chi connectivity index (χ4v) is 2.77. The summed E-state index contributed by atoms with van der Waals surface area (Å²) in [4.78, 5) is 18.2. The Hall–Kier alpha value is -2.60. The van der Waals surface area contributed by atoms with Gasteiger partial charge in [0.1, 0.15) is 11.5 Å². The highest BCUT2D eigenvalue weighted by molar-refractivity contribution is 5.78. The summed E-state index contributed by atoms with van der Waals surface area (Å²) >= 11 is 0. The molecule has 0 aliphatic carbocycles. The quantitative estimate of drug-likeness (QED) is 0.873. The molecule has 1 aromatic heterocycles. The largest absolute Gasteiger partial charge is 0.484 e. The summed E-state index contributed by atoms with van der Waals surface area (Å²) in [6.07, 6.45) is 2.61. The first-order valence-corrected chi connectivity index (χ1v) is 8.38. The summed E-state index contributed by atoms with van der Waals surface area (Å²) in [5, 5.41) is 0. The van der Waals surface area contributed by atoms with E-state index in [1.165, 1.54) is 0 Å². The molecule has 1 fully saturated rings. The van der Waals surface area contributed by atoms with Crippen molar-refractivity contribution in [1.82, 2.24) is 9.88 Å². The number of rotatable bonds is 6. The van der Waals surface area contributed by atoms with Crippen LogP contribution in [-0.4, -0.2) is 42.0 Å². The Balaban J connectivity index is 1.50. The molecule has 2 heterocycles. The van der Waals surface area contributed by atoms with E-state index in [0.717, 1.165) is 13.0 Å². The third kappa shape index (κ3) is 4.48. The van der Waals surface area contributed by atoms with E-state index in [2.05, 4.69) is 11.9 Å². The van der Waals surface area contributed by atoms with Crippen LogP contribution in [0.5, 0.6) is 17.4 Å². The summed E-state index contributed by atoms with van der Waals surface area (Å²) in [5.41, 5.74) is 5.81. The number of ether oxygens (including phenoxy) is 2. The van der Waals surface area contributed by atoms with Gasteiger partial charge in [-0.3, -0.25) is 4.79 Å². The van der Waals surface area contributed by atoms with Gasteiger partial charge < -0.3 is 20.1 Å². The summed E-state index contributed by atoms with van der Waals surface area (Å²) in [7, 11) is 0. The number of carbonyl (C=O) groups is 1. The second-order valence-corrected chi connectivity index (χ2v) is 6.61. The van der Waals surface area contributed by atoms with E-state index >= 15 is 0 Å². The number of likely N-dealkylation sites (tertiary alicyclic amines) is 1. The molecular formula is C19H23N3O3. The van der Waals surface area contributed by atoms with Crippen LogP contribution < -0.4 is 15.2 Å². The Morgan fingerprint density at radius 1 is 1.24 bits per heavy atom. The van der Waals surface area contributed by atoms with E-state index in [1.807, 2.05) is 17.0 Å². The van der Waals surface area contributed by atoms with Crippen LogP contribution in [0.15, 0.2) is 48.7 Å². The molecule has 1 atom stereocenters. The number of carbonyl (C=O) groups excluding carboxylic acids is 1. The topological polar surface area (TPSA) is 77.7 Å². The van der Waals surface area contributed by atoms with Gasteiger partial charge in [0.05, 0.1) is 0 Å². The van der Waals surface area contributed by atoms with Crippen molar-refractivity contribution in [2.75, 3.05) is 26.2 Å². The smallest absolute Gasteiger partial charge is 0.260 e. The van der Waals surface area contributed by atoms with Crippen LogP contribution in [0.4, 0.5) is 0 Å². The lowest BCUT2D eigenvalue weighted by atomic mass is 9.90. The fraction of sp³-hybridized carbons (Fsp3) is 0.368. The van der Waals surface area contributed by atoms with Crippen LogP contribution in [0.2, 0.25) is 0 Å². The third-order valence-electron chi connectivity index (χ3n) is 4.45. The van der Waals surface area contributed by atoms with E-state index < -0.39 is 0 Å². The number of hydrogen-bond acceptors (Lipinski definition) is 5. The molecule has 6 heteroatoms. The van der Waals surface area contributed by atoms with Gasteiger partial charge in [0.2, 0.25) is 5.88 Å². The number of benzene rings is 1. The maximum atomic E-state index is 12.3. The lowest BCUT2D eigenvalue weighted by molar-refractivity contribution is -0.132. The van der Waals surface area contributed by atoms with Gasteiger partial charge in [0.15, 0.2) is 6.61 Å². The van der Waals surface area contributed by atoms with Crippen molar-refractivity contribution in [2.24, 2.45) is 11.1 Å². The number of amides is 1. The van der Waals surface area contributed by atoms with Gasteiger partial charge in [-0.05, 0) is 48.7 Å². The van der Waals surface area contributed by atoms with Crippen LogP contribution >= 0.6 is 0 Å². The van der Waals surface area contributed by atoms with Crippen LogP contribution in [0.1, 0.15) is 13.3 Å². The van der Waals surface area contributed by atoms with Gasteiger partial charge >= 0.3 is 0 Å². The van der Waals surface area contributed by atoms with Gasteiger partial charge in [-0.25, -0.2) is 4.98 Å². The lowest BCUT2D eigenvalue weighted by Crippen LogP contribution is -2.36. The van der Waals surface area contributed by atoms with Crippen LogP contribution in [-0.2, 0) is 4.79 Å². The van der Waals surface area contributed by atoms with Gasteiger partial charge in [-0.2, -0.15) is 0 Å². The summed E-state index contributed by atoms with van der Waals surface area (Å²) in [5.74, 6) is 1.81. The van der Waals surface area contributed by atoms with Gasteiger partial charge in [-0.1, -0.05) is 13.0 Å². The van der Waals surface area contributed by atoms with E-state index in [9.17, 15) is 4.79 Å². The van der Waals surface area contributed by atoms with E-state index in [0.29, 0.717) is 30.5 Å². The first kappa shape index (κ1) is 17.2. The van der Waals surface area contributed by atoms with E-state index in [1.54, 1.807) is 36.5 Å². The molecule has 1 amide bonds. The molecule has 6 nitrogen and oxygen atoms in total. The molecule has 2 N–H and O–H groups in total. The van der Waals surface area contributed by atoms with Crippen LogP contribution in [0.25, 0.3) is 0 Å². The minimum Gasteiger partial charge on any atom is -0.484 e. The number of nitrogens with two attached hydrogens (primary N) is 1. The van der Waals surface area contributed by atoms with Gasteiger partial charge in [0, 0.05) is 25.4 Å². The van der Waals surface area contributed by atoms with Crippen molar-refractivity contribution in [3.63, 3.8) is 0 Å². The monoisotopic (exact) mass is 341 g/mol. The Morgan fingerprint density at radius 2 is 2.00 bits per heavy atom. The summed E-state index contributed by atoms with van der Waals surface area (Å²) < 4.78 is 11.2. The molecule has 2 aromatic rings. The first-order valence-electron chi connectivity index (χ1n) is 8.38. The average Bonchev–Trinajstić information content (AvgIpc) is 3.05. The number of aromatic nitrogens is 1. The molecule has 1 unspecified atom stereocenters. The molecule has 1 aliphatic heterocycles. The lowest BCUT2D eigenvalue weighted by Gasteiger charge is -2.22. The molecule has 3 rings (SSSR count). The average molecular weight is 341 g/mol. The fourth-order valence-electron chi connectivity index (χ4n) is 2.77. The third-order valence-corrected chi connectivity index (χ3v) is 4.45. The summed E-state index contributed by atoms with van der Waals surface area (Å²) in [6.45, 7) is 4.17. The predicted molar refractivity (Wildman–Crippen MR) is 94.6 cm³/mol. The zero-order valence-electron chi connectivity index (χ0n) is 14.4. The summed E-state index contributed by atoms with van der Waals surface area (Å²) in [6, 6.07) is 12.6. The van der Waals surface area contributed by atoms with Crippen molar-refractivity contribution < 1.29 is 14.3 Å². The van der Waals surface area contributed by atoms with Crippen molar-refractivity contribution in [1.29, 1.82) is 0 Å². The predicted octanol–water partition coefficient (Wildman–Crippen LogP) is 2.45. The Morgan fingerprint density at radius 3 is 2.64 bits per heavy atom. The molecule has 0 radical (unpaired) electrons. The minimum atomic E-state index is -0.00835. The Kier molecular flexibility index (Phi) is 5.19. The molecular weight excluding hydrogens is 318 g/mol. The van der Waals surface area contributed by atoms with Crippen LogP contribution in [0, 0.1) is 5.41 Å². The molecule has 1 aromatic carbocycles. The van der Waals surface area contributed by atoms with E-state index in [4.69, 9.17) is 15.2 Å². The standard InChI is InChI=1S/C19H23N3O3/c1-19(13-20)9-11-22(14-19)18(23)12-24-15-5-7-16(8-6-15)25-17-4-2-3-10-21-17/h2-8,10H,9,11-14,20H2,1H3. The van der Waals surface area contributed by atoms with Crippen molar-refractivity contribution in [3.8, 4) is 17.4 Å². The maximum Gasteiger partial charge on any atom is 0.260 e. The molecule has 1 aliphatic rings. The molecule has 1 saturated heterocycles. The van der Waals surface area contributed by atoms with Crippen molar-refractivity contribution in [2.45, 2.75) is 13.3 Å². The van der Waals surface area contributed by atoms with Crippen LogP contribution in [0.3, 0.4) is 0 Å². The van der Waals surface area contributed by atoms with Crippen molar-refractivity contribution in [3.05, 3.63) is 48.7 Å². The minimum absolute atomic E-state index is 0.00835. The van der Waals surface area contributed by atoms with Crippen molar-refractivity contribution >= 4 is 5.91 Å². The van der Waals surface area contributed by atoms with E-state index in [-0.39, 0.29) is 17.9 Å². The Bertz CT molecular complexity index is 706. The zero-order chi connectivity index (χ0) is 17.7. The van der Waals surface area contributed by atoms with Gasteiger partial charge in [0.25, 0.3) is 5.91 Å². The molecule has 0 spiro atoms.